The summed E-state index contributed by atoms with van der Waals surface area (Å²) in [4.78, 5) is 65.8. The molecule has 2 aromatic heterocycles. The molecular formula is C54H52F4N2O4S2. The van der Waals surface area contributed by atoms with Gasteiger partial charge in [-0.15, -0.1) is 22.7 Å². The van der Waals surface area contributed by atoms with E-state index >= 15 is 0 Å². The van der Waals surface area contributed by atoms with Gasteiger partial charge in [0.05, 0.1) is 0 Å². The molecule has 0 aliphatic heterocycles. The van der Waals surface area contributed by atoms with Crippen molar-refractivity contribution in [2.45, 2.75) is 118 Å². The molecule has 0 N–H and O–H groups in total. The largest absolute Gasteiger partial charge is 0.287 e. The lowest BCUT2D eigenvalue weighted by Crippen LogP contribution is -2.31. The summed E-state index contributed by atoms with van der Waals surface area (Å²) in [6, 6.07) is 11.9. The van der Waals surface area contributed by atoms with Gasteiger partial charge in [0.1, 0.15) is 10.0 Å². The third-order valence-electron chi connectivity index (χ3n) is 15.1. The number of hydrogen-bond donors (Lipinski definition) is 0. The molecule has 0 saturated carbocycles. The van der Waals surface area contributed by atoms with Gasteiger partial charge in [0.15, 0.2) is 34.0 Å². The molecule has 0 spiro atoms. The number of benzene rings is 3. The Balaban J connectivity index is 1.32. The third-order valence-corrected chi connectivity index (χ3v) is 17.3. The van der Waals surface area contributed by atoms with Crippen molar-refractivity contribution in [3.8, 4) is 20.9 Å². The predicted octanol–water partition coefficient (Wildman–Crippen LogP) is 12.6. The molecule has 0 radical (unpaired) electrons. The molecule has 12 heteroatoms. The molecular weight excluding hydrogens is 881 g/mol. The smallest absolute Gasteiger partial charge is 0.216 e. The van der Waals surface area contributed by atoms with E-state index in [-0.39, 0.29) is 32.3 Å². The second-order valence-electron chi connectivity index (χ2n) is 19.5. The van der Waals surface area contributed by atoms with Crippen LogP contribution >= 0.6 is 22.7 Å². The lowest BCUT2D eigenvalue weighted by Gasteiger charge is -2.38. The Kier molecular flexibility index (Phi) is 11.7. The van der Waals surface area contributed by atoms with E-state index in [9.17, 15) is 36.7 Å². The highest BCUT2D eigenvalue weighted by Gasteiger charge is 2.51. The SMILES string of the molecule is CCC(C)CC1(CC(C)CC)c2cc3c(cc2-c2sc(N=c4c(=O)c5cc(F)c(F)cc5c4=O)cc21)C(CC(C)CC)(CC(C)CC)c1cc(N=c2c(=O)c4cc(F)c(F)cc4c2=O)sc1-3. The van der Waals surface area contributed by atoms with Crippen LogP contribution in [0.5, 0.6) is 0 Å². The van der Waals surface area contributed by atoms with Crippen molar-refractivity contribution in [3.05, 3.63) is 146 Å². The number of rotatable bonds is 14. The molecule has 5 aromatic carbocycles. The lowest BCUT2D eigenvalue weighted by molar-refractivity contribution is 0.306. The summed E-state index contributed by atoms with van der Waals surface area (Å²) < 4.78 is 57.2. The zero-order chi connectivity index (χ0) is 47.3. The molecule has 66 heavy (non-hydrogen) atoms. The Morgan fingerprint density at radius 1 is 0.439 bits per heavy atom. The van der Waals surface area contributed by atoms with Crippen LogP contribution in [0.2, 0.25) is 0 Å². The molecule has 2 heterocycles. The average Bonchev–Trinajstić information content (AvgIpc) is 4.10. The molecule has 0 amide bonds. The van der Waals surface area contributed by atoms with E-state index < -0.39 is 55.8 Å². The standard InChI is InChI=1S/C54H52F4N2O4S2/c1-9-25(5)21-53(22-26(6)10-2)35-13-34-36(14-33(35)51-37(53)19-43(65-51)59-45-47(61)29-15-39(55)40(56)16-30(29)48(45)62)54(23-27(7)11-3,24-28(8)12-4)38-20-44(66-52(34)38)60-46-49(63)31-17-41(57)42(58)18-32(31)50(46)64/h13-20,25-28H,9-12,21-24H2,1-8H3. The summed E-state index contributed by atoms with van der Waals surface area (Å²) in [6.07, 6.45) is 7.08. The Bertz CT molecular complexity index is 3090. The van der Waals surface area contributed by atoms with E-state index in [0.717, 1.165) is 108 Å². The Hall–Kier alpha value is -5.20. The van der Waals surface area contributed by atoms with Crippen LogP contribution in [0.25, 0.3) is 42.4 Å². The number of hydrogen-bond acceptors (Lipinski definition) is 8. The minimum absolute atomic E-state index is 0.191. The molecule has 0 saturated heterocycles. The average molecular weight is 933 g/mol. The van der Waals surface area contributed by atoms with Crippen LogP contribution in [0.1, 0.15) is 129 Å². The van der Waals surface area contributed by atoms with Gasteiger partial charge in [-0.3, -0.25) is 19.2 Å². The van der Waals surface area contributed by atoms with Crippen molar-refractivity contribution in [3.63, 3.8) is 0 Å². The van der Waals surface area contributed by atoms with Crippen LogP contribution in [0.15, 0.2) is 77.7 Å². The summed E-state index contributed by atoms with van der Waals surface area (Å²) in [5.41, 5.74) is 2.92. The molecule has 2 aliphatic carbocycles. The van der Waals surface area contributed by atoms with E-state index in [1.54, 1.807) is 0 Å². The van der Waals surface area contributed by atoms with Crippen molar-refractivity contribution < 1.29 is 17.6 Å². The minimum atomic E-state index is -1.20. The summed E-state index contributed by atoms with van der Waals surface area (Å²) in [5, 5.41) is -0.516. The van der Waals surface area contributed by atoms with Gasteiger partial charge in [0.2, 0.25) is 21.7 Å². The first-order chi connectivity index (χ1) is 31.4. The first-order valence-corrected chi connectivity index (χ1v) is 24.9. The lowest BCUT2D eigenvalue weighted by atomic mass is 9.65. The highest BCUT2D eigenvalue weighted by molar-refractivity contribution is 7.20. The highest BCUT2D eigenvalue weighted by Crippen LogP contribution is 2.65. The van der Waals surface area contributed by atoms with Gasteiger partial charge >= 0.3 is 0 Å². The maximum absolute atomic E-state index is 14.3. The van der Waals surface area contributed by atoms with Crippen molar-refractivity contribution in [1.82, 2.24) is 0 Å². The summed E-state index contributed by atoms with van der Waals surface area (Å²) in [5.74, 6) is -3.55. The zero-order valence-corrected chi connectivity index (χ0v) is 40.1. The first-order valence-electron chi connectivity index (χ1n) is 23.2. The van der Waals surface area contributed by atoms with E-state index in [0.29, 0.717) is 33.7 Å². The van der Waals surface area contributed by atoms with E-state index in [1.807, 2.05) is 12.1 Å². The van der Waals surface area contributed by atoms with Crippen LogP contribution in [-0.4, -0.2) is 0 Å². The van der Waals surface area contributed by atoms with Crippen LogP contribution in [-0.2, 0) is 10.8 Å². The van der Waals surface area contributed by atoms with Gasteiger partial charge < -0.3 is 0 Å². The first kappa shape index (κ1) is 45.9. The second kappa shape index (κ2) is 16.8. The van der Waals surface area contributed by atoms with Gasteiger partial charge in [0.25, 0.3) is 0 Å². The third kappa shape index (κ3) is 7.06. The zero-order valence-electron chi connectivity index (χ0n) is 38.4. The molecule has 9 rings (SSSR count). The van der Waals surface area contributed by atoms with Crippen molar-refractivity contribution in [1.29, 1.82) is 0 Å². The van der Waals surface area contributed by atoms with Gasteiger partial charge in [-0.1, -0.05) is 81.1 Å². The maximum atomic E-state index is 14.3. The molecule has 4 unspecified atom stereocenters. The van der Waals surface area contributed by atoms with Crippen LogP contribution in [0.4, 0.5) is 27.6 Å². The van der Waals surface area contributed by atoms with Gasteiger partial charge in [-0.25, -0.2) is 27.5 Å². The fourth-order valence-electron chi connectivity index (χ4n) is 11.0. The van der Waals surface area contributed by atoms with Crippen molar-refractivity contribution >= 4 is 54.2 Å². The molecule has 0 bridgehead atoms. The van der Waals surface area contributed by atoms with Crippen LogP contribution in [0.3, 0.4) is 0 Å². The number of fused-ring (bicyclic) bond motifs is 8. The maximum Gasteiger partial charge on any atom is 0.216 e. The second-order valence-corrected chi connectivity index (χ2v) is 21.6. The summed E-state index contributed by atoms with van der Waals surface area (Å²) in [6.45, 7) is 17.8. The fourth-order valence-corrected chi connectivity index (χ4v) is 13.4. The predicted molar refractivity (Wildman–Crippen MR) is 259 cm³/mol. The Morgan fingerprint density at radius 3 is 0.970 bits per heavy atom. The van der Waals surface area contributed by atoms with Crippen molar-refractivity contribution in [2.75, 3.05) is 0 Å². The number of halogens is 4. The highest BCUT2D eigenvalue weighted by atomic mass is 32.1. The number of thiophene rings is 2. The normalized spacial score (nSPS) is 19.2. The van der Waals surface area contributed by atoms with E-state index in [4.69, 9.17) is 9.98 Å². The van der Waals surface area contributed by atoms with Gasteiger partial charge in [0, 0.05) is 42.1 Å². The molecule has 7 aromatic rings. The molecule has 342 valence electrons. The van der Waals surface area contributed by atoms with Crippen molar-refractivity contribution in [2.24, 2.45) is 33.7 Å². The molecule has 4 atom stereocenters. The van der Waals surface area contributed by atoms with E-state index in [2.05, 4.69) is 67.5 Å². The Labute approximate surface area is 387 Å². The monoisotopic (exact) mass is 932 g/mol. The van der Waals surface area contributed by atoms with Gasteiger partial charge in [-0.05, 0) is 131 Å². The van der Waals surface area contributed by atoms with Gasteiger partial charge in [-0.2, -0.15) is 0 Å². The van der Waals surface area contributed by atoms with Crippen LogP contribution in [0, 0.1) is 46.9 Å². The van der Waals surface area contributed by atoms with Crippen LogP contribution < -0.4 is 32.4 Å². The molecule has 2 aliphatic rings. The summed E-state index contributed by atoms with van der Waals surface area (Å²) >= 11 is 2.86. The van der Waals surface area contributed by atoms with E-state index in [1.165, 1.54) is 33.8 Å². The minimum Gasteiger partial charge on any atom is -0.287 e. The molecule has 6 nitrogen and oxygen atoms in total. The summed E-state index contributed by atoms with van der Waals surface area (Å²) in [7, 11) is 0. The number of nitrogens with zero attached hydrogens (tertiary/aromatic N) is 2. The Morgan fingerprint density at radius 2 is 0.712 bits per heavy atom. The topological polar surface area (TPSA) is 93.0 Å². The molecule has 0 fully saturated rings. The fraction of sp³-hybridized carbons (Fsp3) is 0.407. The quantitative estimate of drug-likeness (QED) is 0.102.